The molecule has 2 N–H and O–H groups in total. The van der Waals surface area contributed by atoms with E-state index >= 15 is 0 Å². The molecule has 18 heavy (non-hydrogen) atoms. The summed E-state index contributed by atoms with van der Waals surface area (Å²) in [6.07, 6.45) is 0. The maximum absolute atomic E-state index is 11.7. The Morgan fingerprint density at radius 3 is 2.44 bits per heavy atom. The highest BCUT2D eigenvalue weighted by atomic mass is 35.5. The third-order valence-corrected chi connectivity index (χ3v) is 2.72. The molecule has 0 aromatic heterocycles. The van der Waals surface area contributed by atoms with E-state index < -0.39 is 0 Å². The smallest absolute Gasteiger partial charge is 0.340 e. The number of nitrogens with zero attached hydrogens (tertiary/aromatic N) is 1. The van der Waals surface area contributed by atoms with E-state index in [1.165, 1.54) is 0 Å². The van der Waals surface area contributed by atoms with E-state index in [0.717, 1.165) is 19.6 Å². The van der Waals surface area contributed by atoms with Gasteiger partial charge < -0.3 is 15.4 Å². The van der Waals surface area contributed by atoms with Crippen molar-refractivity contribution in [2.45, 2.75) is 13.8 Å². The van der Waals surface area contributed by atoms with Crippen LogP contribution in [0.15, 0.2) is 24.3 Å². The van der Waals surface area contributed by atoms with Gasteiger partial charge in [0, 0.05) is 12.2 Å². The zero-order valence-corrected chi connectivity index (χ0v) is 11.7. The molecule has 0 bridgehead atoms. The number of para-hydroxylation sites is 1. The Morgan fingerprint density at radius 2 is 1.89 bits per heavy atom. The summed E-state index contributed by atoms with van der Waals surface area (Å²) in [7, 11) is 0. The van der Waals surface area contributed by atoms with Crippen molar-refractivity contribution in [2.75, 3.05) is 32.0 Å². The number of rotatable bonds is 6. The van der Waals surface area contributed by atoms with Crippen molar-refractivity contribution in [3.05, 3.63) is 29.8 Å². The summed E-state index contributed by atoms with van der Waals surface area (Å²) in [5.74, 6) is -0.352. The molecule has 4 nitrogen and oxygen atoms in total. The number of nitrogens with two attached hydrogens (primary N) is 1. The monoisotopic (exact) mass is 272 g/mol. The van der Waals surface area contributed by atoms with Gasteiger partial charge >= 0.3 is 5.97 Å². The largest absolute Gasteiger partial charge is 0.461 e. The fourth-order valence-electron chi connectivity index (χ4n) is 1.57. The van der Waals surface area contributed by atoms with Gasteiger partial charge in [0.2, 0.25) is 0 Å². The molecule has 0 atom stereocenters. The van der Waals surface area contributed by atoms with Gasteiger partial charge in [-0.2, -0.15) is 0 Å². The molecule has 1 aromatic carbocycles. The molecule has 0 spiro atoms. The minimum Gasteiger partial charge on any atom is -0.461 e. The van der Waals surface area contributed by atoms with Gasteiger partial charge in [-0.1, -0.05) is 26.0 Å². The number of likely N-dealkylation sites (N-methyl/N-ethyl adjacent to an activating group) is 1. The van der Waals surface area contributed by atoms with Crippen LogP contribution < -0.4 is 5.73 Å². The molecule has 5 heteroatoms. The van der Waals surface area contributed by atoms with E-state index in [0.29, 0.717) is 17.9 Å². The molecule has 1 rings (SSSR count). The summed E-state index contributed by atoms with van der Waals surface area (Å²) in [5.41, 5.74) is 6.59. The third kappa shape index (κ3) is 4.94. The predicted octanol–water partition coefficient (Wildman–Crippen LogP) is 2.19. The molecule has 0 unspecified atom stereocenters. The topological polar surface area (TPSA) is 55.6 Å². The summed E-state index contributed by atoms with van der Waals surface area (Å²) in [5, 5.41) is 0. The summed E-state index contributed by atoms with van der Waals surface area (Å²) in [6, 6.07) is 6.94. The molecular weight excluding hydrogens is 252 g/mol. The number of esters is 1. The zero-order chi connectivity index (χ0) is 12.7. The van der Waals surface area contributed by atoms with E-state index in [9.17, 15) is 4.79 Å². The summed E-state index contributed by atoms with van der Waals surface area (Å²) >= 11 is 0. The number of carbonyl (C=O) groups is 1. The maximum Gasteiger partial charge on any atom is 0.340 e. The average molecular weight is 273 g/mol. The second-order valence-corrected chi connectivity index (χ2v) is 3.75. The van der Waals surface area contributed by atoms with E-state index in [1.807, 2.05) is 0 Å². The summed E-state index contributed by atoms with van der Waals surface area (Å²) in [6.45, 7) is 7.24. The molecule has 0 heterocycles. The number of halogens is 1. The van der Waals surface area contributed by atoms with Crippen LogP contribution in [0.1, 0.15) is 24.2 Å². The molecule has 1 aromatic rings. The molecule has 0 radical (unpaired) electrons. The zero-order valence-electron chi connectivity index (χ0n) is 10.9. The van der Waals surface area contributed by atoms with Crippen LogP contribution in [0.5, 0.6) is 0 Å². The molecule has 0 amide bonds. The minimum atomic E-state index is -0.352. The Balaban J connectivity index is 0.00000289. The van der Waals surface area contributed by atoms with Gasteiger partial charge in [0.25, 0.3) is 0 Å². The van der Waals surface area contributed by atoms with Crippen LogP contribution in [0.4, 0.5) is 5.69 Å². The molecule has 0 saturated carbocycles. The lowest BCUT2D eigenvalue weighted by atomic mass is 10.2. The lowest BCUT2D eigenvalue weighted by Crippen LogP contribution is -2.28. The minimum absolute atomic E-state index is 0. The molecule has 0 aliphatic carbocycles. The van der Waals surface area contributed by atoms with Crippen LogP contribution in [0.3, 0.4) is 0 Å². The fourth-order valence-corrected chi connectivity index (χ4v) is 1.57. The van der Waals surface area contributed by atoms with Crippen LogP contribution in [-0.4, -0.2) is 37.1 Å². The first-order valence-electron chi connectivity index (χ1n) is 5.93. The first kappa shape index (κ1) is 16.7. The molecule has 0 saturated heterocycles. The van der Waals surface area contributed by atoms with Crippen LogP contribution >= 0.6 is 12.4 Å². The van der Waals surface area contributed by atoms with Gasteiger partial charge in [0.1, 0.15) is 6.61 Å². The fraction of sp³-hybridized carbons (Fsp3) is 0.462. The Labute approximate surface area is 115 Å². The van der Waals surface area contributed by atoms with E-state index in [2.05, 4.69) is 18.7 Å². The number of hydrogen-bond donors (Lipinski definition) is 1. The number of ether oxygens (including phenoxy) is 1. The third-order valence-electron chi connectivity index (χ3n) is 2.72. The average Bonchev–Trinajstić information content (AvgIpc) is 2.35. The molecule has 0 aliphatic heterocycles. The lowest BCUT2D eigenvalue weighted by molar-refractivity contribution is 0.0467. The van der Waals surface area contributed by atoms with Gasteiger partial charge in [-0.15, -0.1) is 12.4 Å². The SMILES string of the molecule is CCN(CC)CCOC(=O)c1ccccc1N.Cl. The number of benzene rings is 1. The quantitative estimate of drug-likeness (QED) is 0.637. The highest BCUT2D eigenvalue weighted by Crippen LogP contribution is 2.11. The second kappa shape index (κ2) is 8.78. The standard InChI is InChI=1S/C13H20N2O2.ClH/c1-3-15(4-2)9-10-17-13(16)11-7-5-6-8-12(11)14;/h5-8H,3-4,9-10,14H2,1-2H3;1H. The van der Waals surface area contributed by atoms with Crippen molar-refractivity contribution in [2.24, 2.45) is 0 Å². The Kier molecular flexibility index (Phi) is 8.16. The Bertz CT molecular complexity index is 368. The highest BCUT2D eigenvalue weighted by molar-refractivity contribution is 5.94. The molecular formula is C13H21ClN2O2. The first-order chi connectivity index (χ1) is 8.19. The Morgan fingerprint density at radius 1 is 1.28 bits per heavy atom. The predicted molar refractivity (Wildman–Crippen MR) is 76.2 cm³/mol. The normalized spacial score (nSPS) is 9.94. The number of nitrogen functional groups attached to an aromatic ring is 1. The Hall–Kier alpha value is -1.26. The number of hydrogen-bond acceptors (Lipinski definition) is 4. The molecule has 102 valence electrons. The molecule has 0 fully saturated rings. The van der Waals surface area contributed by atoms with Gasteiger partial charge in [0.15, 0.2) is 0 Å². The van der Waals surface area contributed by atoms with Crippen LogP contribution in [0.2, 0.25) is 0 Å². The van der Waals surface area contributed by atoms with Crippen LogP contribution in [0.25, 0.3) is 0 Å². The van der Waals surface area contributed by atoms with E-state index in [1.54, 1.807) is 24.3 Å². The number of anilines is 1. The maximum atomic E-state index is 11.7. The van der Waals surface area contributed by atoms with Crippen molar-refractivity contribution in [3.8, 4) is 0 Å². The van der Waals surface area contributed by atoms with Crippen LogP contribution in [-0.2, 0) is 4.74 Å². The molecule has 0 aliphatic rings. The lowest BCUT2D eigenvalue weighted by Gasteiger charge is -2.17. The number of carbonyl (C=O) groups excluding carboxylic acids is 1. The van der Waals surface area contributed by atoms with E-state index in [4.69, 9.17) is 10.5 Å². The van der Waals surface area contributed by atoms with Crippen LogP contribution in [0, 0.1) is 0 Å². The van der Waals surface area contributed by atoms with E-state index in [-0.39, 0.29) is 18.4 Å². The van der Waals surface area contributed by atoms with Crippen molar-refractivity contribution in [1.29, 1.82) is 0 Å². The van der Waals surface area contributed by atoms with Gasteiger partial charge in [-0.05, 0) is 25.2 Å². The van der Waals surface area contributed by atoms with Crippen molar-refractivity contribution in [3.63, 3.8) is 0 Å². The van der Waals surface area contributed by atoms with Gasteiger partial charge in [-0.3, -0.25) is 0 Å². The van der Waals surface area contributed by atoms with Gasteiger partial charge in [-0.25, -0.2) is 4.79 Å². The van der Waals surface area contributed by atoms with Crippen molar-refractivity contribution >= 4 is 24.1 Å². The summed E-state index contributed by atoms with van der Waals surface area (Å²) in [4.78, 5) is 13.9. The highest BCUT2D eigenvalue weighted by Gasteiger charge is 2.10. The second-order valence-electron chi connectivity index (χ2n) is 3.75. The summed E-state index contributed by atoms with van der Waals surface area (Å²) < 4.78 is 5.18. The van der Waals surface area contributed by atoms with Crippen molar-refractivity contribution < 1.29 is 9.53 Å². The first-order valence-corrected chi connectivity index (χ1v) is 5.93. The van der Waals surface area contributed by atoms with Crippen molar-refractivity contribution in [1.82, 2.24) is 4.90 Å². The van der Waals surface area contributed by atoms with Gasteiger partial charge in [0.05, 0.1) is 5.56 Å².